The Morgan fingerprint density at radius 3 is 2.28 bits per heavy atom. The lowest BCUT2D eigenvalue weighted by Crippen LogP contribution is -2.32. The number of carbonyl (C=O) groups is 2. The average molecular weight is 645 g/mol. The summed E-state index contributed by atoms with van der Waals surface area (Å²) in [7, 11) is -2.23. The Morgan fingerprint density at radius 2 is 1.57 bits per heavy atom. The Kier molecular flexibility index (Phi) is 12.0. The molecule has 7 N–H and O–H groups in total. The first-order valence-electron chi connectivity index (χ1n) is 14.9. The molecule has 4 rings (SSSR count). The van der Waals surface area contributed by atoms with Gasteiger partial charge >= 0.3 is 0 Å². The number of hydrogen-bond donors (Lipinski definition) is 6. The number of anilines is 1. The fourth-order valence-corrected chi connectivity index (χ4v) is 5.58. The Hall–Kier alpha value is -4.62. The Bertz CT molecular complexity index is 1730. The first-order valence-corrected chi connectivity index (χ1v) is 16.4. The lowest BCUT2D eigenvalue weighted by Gasteiger charge is -2.18. The predicted molar refractivity (Wildman–Crippen MR) is 177 cm³/mol. The van der Waals surface area contributed by atoms with Gasteiger partial charge in [-0.1, -0.05) is 54.6 Å². The van der Waals surface area contributed by atoms with E-state index in [1.54, 1.807) is 54.7 Å². The minimum atomic E-state index is -3.57. The molecule has 0 aliphatic carbocycles. The first kappa shape index (κ1) is 34.3. The zero-order valence-corrected chi connectivity index (χ0v) is 26.7. The molecule has 3 aromatic carbocycles. The highest BCUT2D eigenvalue weighted by atomic mass is 32.2. The molecular formula is C34H40N6O5S. The van der Waals surface area contributed by atoms with Crippen molar-refractivity contribution in [3.05, 3.63) is 125 Å². The van der Waals surface area contributed by atoms with Crippen LogP contribution in [0.25, 0.3) is 0 Å². The molecule has 1 aromatic heterocycles. The van der Waals surface area contributed by atoms with Crippen LogP contribution in [0.3, 0.4) is 0 Å². The normalized spacial score (nSPS) is 12.7. The number of aliphatic hydroxyl groups excluding tert-OH is 1. The number of aromatic nitrogens is 1. The van der Waals surface area contributed by atoms with E-state index in [2.05, 4.69) is 25.7 Å². The number of hydrogen-bond acceptors (Lipinski definition) is 8. The summed E-state index contributed by atoms with van der Waals surface area (Å²) in [6.07, 6.45) is 1.84. The third-order valence-corrected chi connectivity index (χ3v) is 8.80. The molecule has 0 spiro atoms. The molecule has 0 fully saturated rings. The van der Waals surface area contributed by atoms with E-state index in [1.165, 1.54) is 19.2 Å². The van der Waals surface area contributed by atoms with Crippen LogP contribution in [-0.2, 0) is 40.7 Å². The summed E-state index contributed by atoms with van der Waals surface area (Å²) < 4.78 is 26.3. The molecule has 4 aromatic rings. The molecule has 0 aliphatic heterocycles. The van der Waals surface area contributed by atoms with Crippen LogP contribution in [0.2, 0.25) is 0 Å². The topological polar surface area (TPSA) is 176 Å². The van der Waals surface area contributed by atoms with E-state index in [4.69, 9.17) is 5.73 Å². The van der Waals surface area contributed by atoms with Crippen molar-refractivity contribution >= 4 is 27.7 Å². The number of nitrogens with zero attached hydrogens (tertiary/aromatic N) is 1. The van der Waals surface area contributed by atoms with Crippen LogP contribution in [0.4, 0.5) is 5.82 Å². The maximum atomic E-state index is 12.7. The zero-order valence-electron chi connectivity index (χ0n) is 25.9. The number of rotatable bonds is 15. The van der Waals surface area contributed by atoms with Gasteiger partial charge in [0.15, 0.2) is 0 Å². The maximum Gasteiger partial charge on any atom is 0.251 e. The molecule has 1 heterocycles. The van der Waals surface area contributed by atoms with Crippen molar-refractivity contribution in [1.29, 1.82) is 0 Å². The summed E-state index contributed by atoms with van der Waals surface area (Å²) in [5.74, 6) is -0.00363. The number of sulfonamides is 1. The smallest absolute Gasteiger partial charge is 0.251 e. The van der Waals surface area contributed by atoms with Crippen molar-refractivity contribution in [1.82, 2.24) is 25.7 Å². The van der Waals surface area contributed by atoms with Gasteiger partial charge in [-0.2, -0.15) is 0 Å². The van der Waals surface area contributed by atoms with Crippen LogP contribution >= 0.6 is 0 Å². The highest BCUT2D eigenvalue weighted by Gasteiger charge is 2.13. The average Bonchev–Trinajstić information content (AvgIpc) is 3.06. The van der Waals surface area contributed by atoms with Crippen molar-refractivity contribution in [2.45, 2.75) is 49.9 Å². The van der Waals surface area contributed by atoms with Gasteiger partial charge in [0.25, 0.3) is 5.91 Å². The lowest BCUT2D eigenvalue weighted by molar-refractivity contribution is -0.120. The van der Waals surface area contributed by atoms with Crippen LogP contribution in [-0.4, -0.2) is 50.0 Å². The fourth-order valence-electron chi connectivity index (χ4n) is 4.78. The van der Waals surface area contributed by atoms with E-state index in [-0.39, 0.29) is 35.7 Å². The second kappa shape index (κ2) is 16.1. The van der Waals surface area contributed by atoms with Crippen molar-refractivity contribution in [2.24, 2.45) is 0 Å². The van der Waals surface area contributed by atoms with E-state index in [0.29, 0.717) is 35.6 Å². The molecule has 46 heavy (non-hydrogen) atoms. The van der Waals surface area contributed by atoms with Gasteiger partial charge in [0.05, 0.1) is 17.4 Å². The number of nitrogens with one attached hydrogen (secondary N) is 4. The number of amides is 2. The molecule has 2 atom stereocenters. The molecule has 0 saturated heterocycles. The molecular weight excluding hydrogens is 604 g/mol. The Morgan fingerprint density at radius 1 is 0.870 bits per heavy atom. The van der Waals surface area contributed by atoms with Crippen molar-refractivity contribution in [3.8, 4) is 0 Å². The highest BCUT2D eigenvalue weighted by molar-refractivity contribution is 7.89. The van der Waals surface area contributed by atoms with Gasteiger partial charge in [-0.3, -0.25) is 9.59 Å². The van der Waals surface area contributed by atoms with Crippen LogP contribution in [0.5, 0.6) is 0 Å². The van der Waals surface area contributed by atoms with Gasteiger partial charge in [0.1, 0.15) is 5.82 Å². The SMILES string of the molecule is CNS(=O)(=O)c1cccc(CNC(=O)c2ccc(CNC(=O)Cc3cccc(CC(C)NCC(O)c4ccc(N)nc4)c3)cc2)c1. The number of benzene rings is 3. The second-order valence-electron chi connectivity index (χ2n) is 11.1. The largest absolute Gasteiger partial charge is 0.387 e. The third kappa shape index (κ3) is 10.2. The van der Waals surface area contributed by atoms with Crippen molar-refractivity contribution < 1.29 is 23.1 Å². The molecule has 12 heteroatoms. The standard InChI is InChI=1S/C34H40N6O5S/c1-23(37-22-31(41)29-13-14-32(35)38-21-29)15-25-5-3-6-26(16-25)18-33(42)39-19-24-9-11-28(12-10-24)34(43)40-20-27-7-4-8-30(17-27)46(44,45)36-2/h3-14,16-17,21,23,31,36-37,41H,15,18-20,22H2,1-2H3,(H2,35,38)(H,39,42)(H,40,43). The number of nitrogen functional groups attached to an aromatic ring is 1. The molecule has 2 amide bonds. The summed E-state index contributed by atoms with van der Waals surface area (Å²) in [5.41, 5.74) is 10.2. The van der Waals surface area contributed by atoms with Crippen molar-refractivity contribution in [2.75, 3.05) is 19.3 Å². The predicted octanol–water partition coefficient (Wildman–Crippen LogP) is 2.62. The van der Waals surface area contributed by atoms with Crippen molar-refractivity contribution in [3.63, 3.8) is 0 Å². The summed E-state index contributed by atoms with van der Waals surface area (Å²) >= 11 is 0. The zero-order chi connectivity index (χ0) is 33.1. The van der Waals surface area contributed by atoms with Crippen LogP contribution in [0.15, 0.2) is 96.0 Å². The summed E-state index contributed by atoms with van der Waals surface area (Å²) in [4.78, 5) is 29.5. The van der Waals surface area contributed by atoms with Gasteiger partial charge in [-0.25, -0.2) is 18.1 Å². The van der Waals surface area contributed by atoms with E-state index in [1.807, 2.05) is 31.2 Å². The Labute approximate surface area is 269 Å². The van der Waals surface area contributed by atoms with Crippen LogP contribution in [0, 0.1) is 0 Å². The monoisotopic (exact) mass is 644 g/mol. The van der Waals surface area contributed by atoms with Gasteiger partial charge in [0.2, 0.25) is 15.9 Å². The van der Waals surface area contributed by atoms with E-state index in [0.717, 1.165) is 23.1 Å². The second-order valence-corrected chi connectivity index (χ2v) is 12.9. The Balaban J connectivity index is 1.20. The van der Waals surface area contributed by atoms with E-state index < -0.39 is 16.1 Å². The number of pyridine rings is 1. The summed E-state index contributed by atoms with van der Waals surface area (Å²) in [6, 6.07) is 24.7. The third-order valence-electron chi connectivity index (χ3n) is 7.39. The van der Waals surface area contributed by atoms with Gasteiger partial charge < -0.3 is 26.8 Å². The number of carbonyl (C=O) groups excluding carboxylic acids is 2. The van der Waals surface area contributed by atoms with Crippen LogP contribution < -0.4 is 26.4 Å². The molecule has 0 bridgehead atoms. The molecule has 0 saturated carbocycles. The van der Waals surface area contributed by atoms with E-state index >= 15 is 0 Å². The van der Waals surface area contributed by atoms with Gasteiger partial charge in [0, 0.05) is 43.0 Å². The molecule has 11 nitrogen and oxygen atoms in total. The van der Waals surface area contributed by atoms with Gasteiger partial charge in [-0.05, 0) is 73.0 Å². The molecule has 0 radical (unpaired) electrons. The highest BCUT2D eigenvalue weighted by Crippen LogP contribution is 2.14. The first-order chi connectivity index (χ1) is 22.0. The van der Waals surface area contributed by atoms with Crippen LogP contribution in [0.1, 0.15) is 51.2 Å². The molecule has 0 aliphatic rings. The van der Waals surface area contributed by atoms with Gasteiger partial charge in [-0.15, -0.1) is 0 Å². The summed E-state index contributed by atoms with van der Waals surface area (Å²) in [5, 5.41) is 19.5. The molecule has 2 unspecified atom stereocenters. The lowest BCUT2D eigenvalue weighted by atomic mass is 10.0. The minimum absolute atomic E-state index is 0.0962. The quantitative estimate of drug-likeness (QED) is 0.114. The fraction of sp³-hybridized carbons (Fsp3) is 0.265. The summed E-state index contributed by atoms with van der Waals surface area (Å²) in [6.45, 7) is 2.91. The van der Waals surface area contributed by atoms with E-state index in [9.17, 15) is 23.1 Å². The maximum absolute atomic E-state index is 12.7. The molecule has 242 valence electrons. The number of nitrogens with two attached hydrogens (primary N) is 1. The minimum Gasteiger partial charge on any atom is -0.387 e. The number of aliphatic hydroxyl groups is 1.